The molecule has 0 bridgehead atoms. The molecule has 126 valence electrons. The van der Waals surface area contributed by atoms with Gasteiger partial charge in [-0.15, -0.1) is 0 Å². The Bertz CT molecular complexity index is 592. The van der Waals surface area contributed by atoms with Crippen LogP contribution >= 0.6 is 11.6 Å². The Kier molecular flexibility index (Phi) is 7.34. The molecule has 0 fully saturated rings. The van der Waals surface area contributed by atoms with Gasteiger partial charge in [-0.2, -0.15) is 0 Å². The lowest BCUT2D eigenvalue weighted by Crippen LogP contribution is -2.42. The quantitative estimate of drug-likeness (QED) is 0.570. The van der Waals surface area contributed by atoms with Gasteiger partial charge in [-0.1, -0.05) is 11.6 Å². The number of rotatable bonds is 7. The second-order valence-corrected chi connectivity index (χ2v) is 5.11. The first kappa shape index (κ1) is 18.8. The lowest BCUT2D eigenvalue weighted by atomic mass is 10.2. The maximum absolute atomic E-state index is 12.0. The van der Waals surface area contributed by atoms with Gasteiger partial charge in [0.25, 0.3) is 5.91 Å². The molecule has 0 radical (unpaired) electrons. The number of nitrogens with zero attached hydrogens (tertiary/aromatic N) is 1. The monoisotopic (exact) mass is 341 g/mol. The van der Waals surface area contributed by atoms with Crippen molar-refractivity contribution in [3.63, 3.8) is 0 Å². The van der Waals surface area contributed by atoms with Crippen molar-refractivity contribution in [2.24, 2.45) is 0 Å². The van der Waals surface area contributed by atoms with E-state index in [1.54, 1.807) is 13.8 Å². The van der Waals surface area contributed by atoms with Crippen LogP contribution in [-0.2, 0) is 14.3 Å². The van der Waals surface area contributed by atoms with Crippen LogP contribution in [0.5, 0.6) is 0 Å². The summed E-state index contributed by atoms with van der Waals surface area (Å²) in [6.45, 7) is 3.79. The maximum atomic E-state index is 12.0. The van der Waals surface area contributed by atoms with Gasteiger partial charge >= 0.3 is 5.97 Å². The number of ether oxygens (including phenoxy) is 1. The minimum absolute atomic E-state index is 0.0796. The molecule has 0 unspecified atom stereocenters. The highest BCUT2D eigenvalue weighted by Crippen LogP contribution is 2.18. The van der Waals surface area contributed by atoms with Gasteiger partial charge in [0.15, 0.2) is 6.61 Å². The number of esters is 1. The van der Waals surface area contributed by atoms with Crippen molar-refractivity contribution < 1.29 is 19.1 Å². The first-order valence-corrected chi connectivity index (χ1v) is 7.53. The van der Waals surface area contributed by atoms with Gasteiger partial charge in [0, 0.05) is 23.8 Å². The third-order valence-electron chi connectivity index (χ3n) is 3.00. The highest BCUT2D eigenvalue weighted by molar-refractivity contribution is 6.31. The normalized spacial score (nSPS) is 10.0. The molecular weight excluding hydrogens is 322 g/mol. The summed E-state index contributed by atoms with van der Waals surface area (Å²) in [5.74, 6) is -1.45. The van der Waals surface area contributed by atoms with Gasteiger partial charge in [-0.25, -0.2) is 4.79 Å². The lowest BCUT2D eigenvalue weighted by Gasteiger charge is -2.20. The fourth-order valence-corrected chi connectivity index (χ4v) is 2.00. The largest absolute Gasteiger partial charge is 0.452 e. The summed E-state index contributed by atoms with van der Waals surface area (Å²) in [7, 11) is 0. The number of nitrogens with two attached hydrogens (primary N) is 1. The number of nitrogen functional groups attached to an aromatic ring is 1. The summed E-state index contributed by atoms with van der Waals surface area (Å²) in [5.41, 5.74) is 5.98. The minimum atomic E-state index is -0.721. The first-order chi connectivity index (χ1) is 10.9. The number of benzene rings is 1. The SMILES string of the molecule is CCNC(=O)CN(CC)C(=O)COC(=O)c1ccc(Cl)cc1N. The van der Waals surface area contributed by atoms with Gasteiger partial charge in [0.05, 0.1) is 12.1 Å². The Hall–Kier alpha value is -2.28. The molecule has 0 saturated heterocycles. The Morgan fingerprint density at radius 1 is 1.30 bits per heavy atom. The molecule has 1 aromatic carbocycles. The van der Waals surface area contributed by atoms with E-state index in [4.69, 9.17) is 22.1 Å². The molecule has 0 aliphatic carbocycles. The van der Waals surface area contributed by atoms with E-state index >= 15 is 0 Å². The highest BCUT2D eigenvalue weighted by atomic mass is 35.5. The zero-order valence-corrected chi connectivity index (χ0v) is 13.9. The van der Waals surface area contributed by atoms with Crippen molar-refractivity contribution in [3.05, 3.63) is 28.8 Å². The fourth-order valence-electron chi connectivity index (χ4n) is 1.82. The number of carbonyl (C=O) groups is 3. The Balaban J connectivity index is 2.59. The molecule has 0 aliphatic rings. The van der Waals surface area contributed by atoms with Gasteiger partial charge < -0.3 is 20.7 Å². The smallest absolute Gasteiger partial charge is 0.340 e. The van der Waals surface area contributed by atoms with Crippen LogP contribution < -0.4 is 11.1 Å². The van der Waals surface area contributed by atoms with E-state index in [1.807, 2.05) is 0 Å². The van der Waals surface area contributed by atoms with E-state index in [-0.39, 0.29) is 23.7 Å². The van der Waals surface area contributed by atoms with E-state index in [0.717, 1.165) is 0 Å². The molecule has 0 spiro atoms. The van der Waals surface area contributed by atoms with Crippen LogP contribution in [0, 0.1) is 0 Å². The van der Waals surface area contributed by atoms with Gasteiger partial charge in [0.2, 0.25) is 5.91 Å². The maximum Gasteiger partial charge on any atom is 0.340 e. The van der Waals surface area contributed by atoms with Gasteiger partial charge in [-0.05, 0) is 32.0 Å². The zero-order valence-electron chi connectivity index (χ0n) is 13.1. The number of hydrogen-bond acceptors (Lipinski definition) is 5. The highest BCUT2D eigenvalue weighted by Gasteiger charge is 2.18. The average Bonchev–Trinajstić information content (AvgIpc) is 2.50. The predicted molar refractivity (Wildman–Crippen MR) is 87.1 cm³/mol. The van der Waals surface area contributed by atoms with Crippen molar-refractivity contribution in [1.82, 2.24) is 10.2 Å². The van der Waals surface area contributed by atoms with Crippen LogP contribution in [-0.4, -0.2) is 48.9 Å². The van der Waals surface area contributed by atoms with Crippen LogP contribution in [0.4, 0.5) is 5.69 Å². The molecule has 7 nitrogen and oxygen atoms in total. The van der Waals surface area contributed by atoms with E-state index in [1.165, 1.54) is 23.1 Å². The van der Waals surface area contributed by atoms with Crippen molar-refractivity contribution >= 4 is 35.1 Å². The molecule has 0 heterocycles. The summed E-state index contributed by atoms with van der Waals surface area (Å²) in [5, 5.41) is 3.00. The van der Waals surface area contributed by atoms with Crippen LogP contribution in [0.2, 0.25) is 5.02 Å². The molecule has 0 aliphatic heterocycles. The van der Waals surface area contributed by atoms with E-state index < -0.39 is 18.5 Å². The summed E-state index contributed by atoms with van der Waals surface area (Å²) in [6, 6.07) is 4.36. The molecule has 0 aromatic heterocycles. The van der Waals surface area contributed by atoms with Crippen LogP contribution in [0.25, 0.3) is 0 Å². The molecular formula is C15H20ClN3O4. The number of carbonyl (C=O) groups excluding carboxylic acids is 3. The average molecular weight is 342 g/mol. The minimum Gasteiger partial charge on any atom is -0.452 e. The molecule has 1 rings (SSSR count). The predicted octanol–water partition coefficient (Wildman–Crippen LogP) is 1.06. The Labute approximate surface area is 139 Å². The first-order valence-electron chi connectivity index (χ1n) is 7.15. The standard InChI is InChI=1S/C15H20ClN3O4/c1-3-18-13(20)8-19(4-2)14(21)9-23-15(22)11-6-5-10(16)7-12(11)17/h5-7H,3-4,8-9,17H2,1-2H3,(H,18,20). The molecule has 23 heavy (non-hydrogen) atoms. The Morgan fingerprint density at radius 2 is 2.00 bits per heavy atom. The number of likely N-dealkylation sites (N-methyl/N-ethyl adjacent to an activating group) is 2. The molecule has 0 saturated carbocycles. The van der Waals surface area contributed by atoms with Gasteiger partial charge in [-0.3, -0.25) is 9.59 Å². The molecule has 0 atom stereocenters. The number of hydrogen-bond donors (Lipinski definition) is 2. The van der Waals surface area contributed by atoms with Gasteiger partial charge in [0.1, 0.15) is 0 Å². The third kappa shape index (κ3) is 5.78. The number of amides is 2. The van der Waals surface area contributed by atoms with Crippen molar-refractivity contribution in [1.29, 1.82) is 0 Å². The summed E-state index contributed by atoms with van der Waals surface area (Å²) < 4.78 is 4.95. The van der Waals surface area contributed by atoms with Crippen molar-refractivity contribution in [2.45, 2.75) is 13.8 Å². The molecule has 8 heteroatoms. The fraction of sp³-hybridized carbons (Fsp3) is 0.400. The van der Waals surface area contributed by atoms with E-state index in [2.05, 4.69) is 5.32 Å². The second kappa shape index (κ2) is 8.99. The zero-order chi connectivity index (χ0) is 17.4. The van der Waals surface area contributed by atoms with E-state index in [9.17, 15) is 14.4 Å². The van der Waals surface area contributed by atoms with Crippen LogP contribution in [0.1, 0.15) is 24.2 Å². The molecule has 3 N–H and O–H groups in total. The number of halogens is 1. The van der Waals surface area contributed by atoms with Crippen LogP contribution in [0.15, 0.2) is 18.2 Å². The van der Waals surface area contributed by atoms with Crippen molar-refractivity contribution in [3.8, 4) is 0 Å². The molecule has 2 amide bonds. The number of anilines is 1. The topological polar surface area (TPSA) is 102 Å². The van der Waals surface area contributed by atoms with Crippen molar-refractivity contribution in [2.75, 3.05) is 32.0 Å². The second-order valence-electron chi connectivity index (χ2n) is 4.67. The Morgan fingerprint density at radius 3 is 2.57 bits per heavy atom. The molecule has 1 aromatic rings. The van der Waals surface area contributed by atoms with E-state index in [0.29, 0.717) is 18.1 Å². The number of nitrogens with one attached hydrogen (secondary N) is 1. The third-order valence-corrected chi connectivity index (χ3v) is 3.24. The summed E-state index contributed by atoms with van der Waals surface area (Å²) in [6.07, 6.45) is 0. The van der Waals surface area contributed by atoms with Crippen LogP contribution in [0.3, 0.4) is 0 Å². The summed E-state index contributed by atoms with van der Waals surface area (Å²) in [4.78, 5) is 36.7. The summed E-state index contributed by atoms with van der Waals surface area (Å²) >= 11 is 5.75. The lowest BCUT2D eigenvalue weighted by molar-refractivity contribution is -0.138.